The average Bonchev–Trinajstić information content (AvgIpc) is 2.54. The smallest absolute Gasteiger partial charge is 0.225 e. The summed E-state index contributed by atoms with van der Waals surface area (Å²) < 4.78 is 38.8. The second-order valence-electron chi connectivity index (χ2n) is 5.95. The summed E-state index contributed by atoms with van der Waals surface area (Å²) in [7, 11) is -3.59. The van der Waals surface area contributed by atoms with E-state index in [-0.39, 0.29) is 31.0 Å². The first-order chi connectivity index (χ1) is 12.2. The van der Waals surface area contributed by atoms with Gasteiger partial charge in [-0.1, -0.05) is 29.8 Å². The predicted octanol–water partition coefficient (Wildman–Crippen LogP) is 3.58. The topological polar surface area (TPSA) is 66.5 Å². The Hall–Kier alpha value is -1.96. The summed E-state index contributed by atoms with van der Waals surface area (Å²) in [6.45, 7) is 1.63. The average molecular weight is 399 g/mol. The number of amides is 1. The molecule has 0 aliphatic carbocycles. The Labute approximate surface area is 157 Å². The number of sulfonamides is 1. The highest BCUT2D eigenvalue weighted by molar-refractivity contribution is 7.88. The number of hydrogen-bond donors (Lipinski definition) is 1. The van der Waals surface area contributed by atoms with Gasteiger partial charge in [-0.3, -0.25) is 4.79 Å². The van der Waals surface area contributed by atoms with E-state index in [2.05, 4.69) is 5.32 Å². The maximum atomic E-state index is 13.8. The van der Waals surface area contributed by atoms with E-state index < -0.39 is 15.8 Å². The minimum Gasteiger partial charge on any atom is -0.326 e. The SMILES string of the molecule is Cc1cc(Cl)ccc1NC(=O)CCN(Cc1ccccc1F)S(C)(=O)=O. The molecule has 0 aliphatic rings. The van der Waals surface area contributed by atoms with Gasteiger partial charge in [-0.05, 0) is 36.8 Å². The zero-order valence-corrected chi connectivity index (χ0v) is 16.1. The van der Waals surface area contributed by atoms with Crippen LogP contribution in [0.25, 0.3) is 0 Å². The fourth-order valence-corrected chi connectivity index (χ4v) is 3.41. The van der Waals surface area contributed by atoms with Crippen molar-refractivity contribution in [2.24, 2.45) is 0 Å². The van der Waals surface area contributed by atoms with Crippen molar-refractivity contribution in [2.45, 2.75) is 19.9 Å². The Morgan fingerprint density at radius 1 is 1.23 bits per heavy atom. The Balaban J connectivity index is 2.03. The molecule has 140 valence electrons. The highest BCUT2D eigenvalue weighted by atomic mass is 35.5. The number of aryl methyl sites for hydroxylation is 1. The fraction of sp³-hybridized carbons (Fsp3) is 0.278. The molecule has 0 aromatic heterocycles. The van der Waals surface area contributed by atoms with Crippen LogP contribution in [0.1, 0.15) is 17.5 Å². The second-order valence-corrected chi connectivity index (χ2v) is 8.36. The van der Waals surface area contributed by atoms with Crippen molar-refractivity contribution in [2.75, 3.05) is 18.1 Å². The van der Waals surface area contributed by atoms with E-state index in [1.54, 1.807) is 24.3 Å². The van der Waals surface area contributed by atoms with E-state index in [0.717, 1.165) is 16.1 Å². The Bertz CT molecular complexity index is 903. The van der Waals surface area contributed by atoms with E-state index in [9.17, 15) is 17.6 Å². The van der Waals surface area contributed by atoms with Crippen LogP contribution in [0.15, 0.2) is 42.5 Å². The molecule has 5 nitrogen and oxygen atoms in total. The number of halogens is 2. The van der Waals surface area contributed by atoms with E-state index >= 15 is 0 Å². The van der Waals surface area contributed by atoms with Gasteiger partial charge >= 0.3 is 0 Å². The van der Waals surface area contributed by atoms with Crippen LogP contribution in [-0.2, 0) is 21.4 Å². The third-order valence-corrected chi connectivity index (χ3v) is 5.31. The van der Waals surface area contributed by atoms with Crippen LogP contribution in [-0.4, -0.2) is 31.4 Å². The van der Waals surface area contributed by atoms with E-state index in [0.29, 0.717) is 10.7 Å². The van der Waals surface area contributed by atoms with Gasteiger partial charge in [0.05, 0.1) is 6.26 Å². The maximum absolute atomic E-state index is 13.8. The fourth-order valence-electron chi connectivity index (χ4n) is 2.39. The number of carbonyl (C=O) groups is 1. The van der Waals surface area contributed by atoms with Crippen LogP contribution >= 0.6 is 11.6 Å². The molecule has 2 rings (SSSR count). The molecule has 0 spiro atoms. The van der Waals surface area contributed by atoms with E-state index in [1.807, 2.05) is 6.92 Å². The zero-order chi connectivity index (χ0) is 19.3. The highest BCUT2D eigenvalue weighted by Crippen LogP contribution is 2.20. The largest absolute Gasteiger partial charge is 0.326 e. The van der Waals surface area contributed by atoms with Gasteiger partial charge in [0.25, 0.3) is 0 Å². The molecule has 0 saturated heterocycles. The van der Waals surface area contributed by atoms with Gasteiger partial charge in [0.15, 0.2) is 0 Å². The minimum atomic E-state index is -3.59. The molecule has 0 fully saturated rings. The van der Waals surface area contributed by atoms with E-state index in [1.165, 1.54) is 18.2 Å². The maximum Gasteiger partial charge on any atom is 0.225 e. The molecule has 0 saturated carbocycles. The summed E-state index contributed by atoms with van der Waals surface area (Å²) in [5.74, 6) is -0.819. The molecule has 0 radical (unpaired) electrons. The van der Waals surface area contributed by atoms with Gasteiger partial charge in [0.2, 0.25) is 15.9 Å². The van der Waals surface area contributed by atoms with Crippen molar-refractivity contribution in [3.05, 3.63) is 64.4 Å². The number of nitrogens with zero attached hydrogens (tertiary/aromatic N) is 1. The Morgan fingerprint density at radius 2 is 1.92 bits per heavy atom. The van der Waals surface area contributed by atoms with Crippen molar-refractivity contribution < 1.29 is 17.6 Å². The summed E-state index contributed by atoms with van der Waals surface area (Å²) in [4.78, 5) is 12.2. The molecule has 1 N–H and O–H groups in total. The standard InChI is InChI=1S/C18H20ClFN2O3S/c1-13-11-15(19)7-8-17(13)21-18(23)9-10-22(26(2,24)25)12-14-5-3-4-6-16(14)20/h3-8,11H,9-10,12H2,1-2H3,(H,21,23). The molecule has 0 heterocycles. The summed E-state index contributed by atoms with van der Waals surface area (Å²) in [5, 5.41) is 3.29. The molecule has 0 aliphatic heterocycles. The molecular weight excluding hydrogens is 379 g/mol. The van der Waals surface area contributed by atoms with Crippen molar-refractivity contribution in [1.29, 1.82) is 0 Å². The van der Waals surface area contributed by atoms with Gasteiger partial charge in [-0.25, -0.2) is 12.8 Å². The molecule has 1 amide bonds. The third kappa shape index (κ3) is 5.79. The Kier molecular flexibility index (Phi) is 6.75. The van der Waals surface area contributed by atoms with Gasteiger partial charge < -0.3 is 5.32 Å². The van der Waals surface area contributed by atoms with Crippen molar-refractivity contribution >= 4 is 33.2 Å². The summed E-state index contributed by atoms with van der Waals surface area (Å²) in [6, 6.07) is 11.0. The lowest BCUT2D eigenvalue weighted by Crippen LogP contribution is -2.33. The van der Waals surface area contributed by atoms with Gasteiger partial charge in [-0.15, -0.1) is 0 Å². The van der Waals surface area contributed by atoms with Crippen LogP contribution in [0.2, 0.25) is 5.02 Å². The van der Waals surface area contributed by atoms with Gasteiger partial charge in [-0.2, -0.15) is 4.31 Å². The van der Waals surface area contributed by atoms with Gasteiger partial charge in [0.1, 0.15) is 5.82 Å². The molecule has 0 unspecified atom stereocenters. The van der Waals surface area contributed by atoms with Crippen LogP contribution < -0.4 is 5.32 Å². The lowest BCUT2D eigenvalue weighted by Gasteiger charge is -2.20. The molecule has 8 heteroatoms. The lowest BCUT2D eigenvalue weighted by atomic mass is 10.2. The summed E-state index contributed by atoms with van der Waals surface area (Å²) >= 11 is 5.88. The number of anilines is 1. The molecule has 2 aromatic rings. The van der Waals surface area contributed by atoms with Crippen molar-refractivity contribution in [3.63, 3.8) is 0 Å². The molecule has 0 atom stereocenters. The first kappa shape index (κ1) is 20.4. The van der Waals surface area contributed by atoms with Crippen LogP contribution in [0.4, 0.5) is 10.1 Å². The van der Waals surface area contributed by atoms with Crippen molar-refractivity contribution in [1.82, 2.24) is 4.31 Å². The monoisotopic (exact) mass is 398 g/mol. The first-order valence-corrected chi connectivity index (χ1v) is 10.1. The van der Waals surface area contributed by atoms with Crippen LogP contribution in [0, 0.1) is 12.7 Å². The second kappa shape index (κ2) is 8.62. The number of nitrogens with one attached hydrogen (secondary N) is 1. The van der Waals surface area contributed by atoms with Crippen LogP contribution in [0.5, 0.6) is 0 Å². The van der Waals surface area contributed by atoms with Crippen LogP contribution in [0.3, 0.4) is 0 Å². The quantitative estimate of drug-likeness (QED) is 0.775. The molecular formula is C18H20ClFN2O3S. The number of rotatable bonds is 7. The highest BCUT2D eigenvalue weighted by Gasteiger charge is 2.20. The lowest BCUT2D eigenvalue weighted by molar-refractivity contribution is -0.116. The molecule has 2 aromatic carbocycles. The third-order valence-electron chi connectivity index (χ3n) is 3.82. The van der Waals surface area contributed by atoms with Gasteiger partial charge in [0, 0.05) is 35.8 Å². The molecule has 0 bridgehead atoms. The van der Waals surface area contributed by atoms with Crippen molar-refractivity contribution in [3.8, 4) is 0 Å². The summed E-state index contributed by atoms with van der Waals surface area (Å²) in [5.41, 5.74) is 1.67. The number of carbonyl (C=O) groups excluding carboxylic acids is 1. The van der Waals surface area contributed by atoms with E-state index in [4.69, 9.17) is 11.6 Å². The summed E-state index contributed by atoms with van der Waals surface area (Å²) in [6.07, 6.45) is 0.985. The normalized spacial score (nSPS) is 11.6. The predicted molar refractivity (Wildman–Crippen MR) is 101 cm³/mol. The number of hydrogen-bond acceptors (Lipinski definition) is 3. The first-order valence-electron chi connectivity index (χ1n) is 7.91. The number of benzene rings is 2. The minimum absolute atomic E-state index is 0.0500. The Morgan fingerprint density at radius 3 is 2.54 bits per heavy atom. The molecule has 26 heavy (non-hydrogen) atoms. The zero-order valence-electron chi connectivity index (χ0n) is 14.5.